The lowest BCUT2D eigenvalue weighted by Gasteiger charge is -2.07. The highest BCUT2D eigenvalue weighted by Crippen LogP contribution is 2.07. The van der Waals surface area contributed by atoms with Gasteiger partial charge in [0, 0.05) is 25.0 Å². The number of hydrogen-bond acceptors (Lipinski definition) is 5. The largest absolute Gasteiger partial charge is 0.349 e. The molecule has 1 amide bonds. The summed E-state index contributed by atoms with van der Waals surface area (Å²) in [6.07, 6.45) is 3.38. The molecule has 0 saturated heterocycles. The molecule has 0 aliphatic heterocycles. The average molecular weight is 315 g/mol. The Kier molecular flexibility index (Phi) is 4.10. The zero-order valence-corrected chi connectivity index (χ0v) is 12.4. The summed E-state index contributed by atoms with van der Waals surface area (Å²) in [4.78, 5) is 24.3. The summed E-state index contributed by atoms with van der Waals surface area (Å²) < 4.78 is 2.88. The topological polar surface area (TPSA) is 81.8 Å². The van der Waals surface area contributed by atoms with Crippen LogP contribution in [0.4, 0.5) is 0 Å². The van der Waals surface area contributed by atoms with Crippen LogP contribution in [0.2, 0.25) is 0 Å². The van der Waals surface area contributed by atoms with Crippen molar-refractivity contribution in [1.29, 1.82) is 0 Å². The van der Waals surface area contributed by atoms with Gasteiger partial charge in [-0.3, -0.25) is 9.59 Å². The molecule has 0 atom stereocenters. The van der Waals surface area contributed by atoms with Gasteiger partial charge in [0.25, 0.3) is 11.5 Å². The normalized spacial score (nSPS) is 10.5. The summed E-state index contributed by atoms with van der Waals surface area (Å²) in [6.45, 7) is 0.622. The fourth-order valence-corrected chi connectivity index (χ4v) is 2.54. The second-order valence-electron chi connectivity index (χ2n) is 4.44. The molecule has 3 rings (SSSR count). The minimum Gasteiger partial charge on any atom is -0.349 e. The molecule has 0 bridgehead atoms. The van der Waals surface area contributed by atoms with E-state index in [0.29, 0.717) is 23.8 Å². The standard InChI is InChI=1S/C14H13N5O2S/c20-13-5-4-12(18-8-2-6-16-18)17-19(13)9-7-15-14(21)11-3-1-10-22-11/h1-6,8,10H,7,9H2,(H,15,21). The van der Waals surface area contributed by atoms with Crippen molar-refractivity contribution in [2.75, 3.05) is 6.54 Å². The Balaban J connectivity index is 1.66. The molecule has 22 heavy (non-hydrogen) atoms. The van der Waals surface area contributed by atoms with Crippen molar-refractivity contribution >= 4 is 17.2 Å². The molecule has 0 aliphatic rings. The molecule has 0 saturated carbocycles. The number of aromatic nitrogens is 4. The summed E-state index contributed by atoms with van der Waals surface area (Å²) in [5.41, 5.74) is -0.221. The molecule has 3 aromatic rings. The number of nitrogens with zero attached hydrogens (tertiary/aromatic N) is 4. The van der Waals surface area contributed by atoms with Crippen LogP contribution in [0.15, 0.2) is 52.9 Å². The van der Waals surface area contributed by atoms with Gasteiger partial charge in [-0.05, 0) is 23.6 Å². The number of hydrogen-bond donors (Lipinski definition) is 1. The maximum absolute atomic E-state index is 11.8. The Bertz CT molecular complexity index is 808. The molecule has 0 fully saturated rings. The van der Waals surface area contributed by atoms with E-state index in [4.69, 9.17) is 0 Å². The van der Waals surface area contributed by atoms with Crippen LogP contribution in [0.25, 0.3) is 5.82 Å². The van der Waals surface area contributed by atoms with Crippen LogP contribution in [0, 0.1) is 0 Å². The van der Waals surface area contributed by atoms with Gasteiger partial charge in [0.15, 0.2) is 5.82 Å². The predicted octanol–water partition coefficient (Wildman–Crippen LogP) is 0.920. The fourth-order valence-electron chi connectivity index (χ4n) is 1.90. The van der Waals surface area contributed by atoms with E-state index in [1.165, 1.54) is 22.1 Å². The summed E-state index contributed by atoms with van der Waals surface area (Å²) in [5.74, 6) is 0.403. The van der Waals surface area contributed by atoms with Crippen molar-refractivity contribution in [2.24, 2.45) is 0 Å². The van der Waals surface area contributed by atoms with E-state index in [-0.39, 0.29) is 11.5 Å². The number of carbonyl (C=O) groups is 1. The molecule has 1 N–H and O–H groups in total. The molecule has 8 heteroatoms. The highest BCUT2D eigenvalue weighted by atomic mass is 32.1. The Hall–Kier alpha value is -2.74. The summed E-state index contributed by atoms with van der Waals surface area (Å²) in [7, 11) is 0. The van der Waals surface area contributed by atoms with E-state index in [1.807, 2.05) is 11.4 Å². The number of amides is 1. The van der Waals surface area contributed by atoms with Crippen molar-refractivity contribution in [2.45, 2.75) is 6.54 Å². The van der Waals surface area contributed by atoms with Gasteiger partial charge in [-0.15, -0.1) is 16.4 Å². The van der Waals surface area contributed by atoms with E-state index in [0.717, 1.165) is 0 Å². The second kappa shape index (κ2) is 6.35. The molecule has 7 nitrogen and oxygen atoms in total. The van der Waals surface area contributed by atoms with E-state index >= 15 is 0 Å². The molecule has 0 radical (unpaired) electrons. The van der Waals surface area contributed by atoms with Gasteiger partial charge in [0.05, 0.1) is 11.4 Å². The number of carbonyl (C=O) groups excluding carboxylic acids is 1. The third kappa shape index (κ3) is 3.12. The monoisotopic (exact) mass is 315 g/mol. The van der Waals surface area contributed by atoms with Crippen LogP contribution in [-0.4, -0.2) is 32.0 Å². The number of thiophene rings is 1. The van der Waals surface area contributed by atoms with Crippen molar-refractivity contribution in [3.63, 3.8) is 0 Å². The first-order valence-electron chi connectivity index (χ1n) is 6.64. The Morgan fingerprint density at radius 3 is 2.91 bits per heavy atom. The summed E-state index contributed by atoms with van der Waals surface area (Å²) in [5, 5.41) is 12.9. The van der Waals surface area contributed by atoms with Gasteiger partial charge >= 0.3 is 0 Å². The van der Waals surface area contributed by atoms with Crippen molar-refractivity contribution in [3.8, 4) is 5.82 Å². The molecule has 112 valence electrons. The Labute approximate surface area is 129 Å². The highest BCUT2D eigenvalue weighted by Gasteiger charge is 2.07. The Morgan fingerprint density at radius 1 is 1.27 bits per heavy atom. The van der Waals surface area contributed by atoms with Crippen LogP contribution in [0.5, 0.6) is 0 Å². The van der Waals surface area contributed by atoms with Crippen LogP contribution in [0.1, 0.15) is 9.67 Å². The van der Waals surface area contributed by atoms with Crippen LogP contribution in [0.3, 0.4) is 0 Å². The van der Waals surface area contributed by atoms with Crippen LogP contribution < -0.4 is 10.9 Å². The van der Waals surface area contributed by atoms with Gasteiger partial charge in [0.2, 0.25) is 0 Å². The second-order valence-corrected chi connectivity index (χ2v) is 5.38. The summed E-state index contributed by atoms with van der Waals surface area (Å²) in [6, 6.07) is 8.39. The predicted molar refractivity (Wildman–Crippen MR) is 82.3 cm³/mol. The fraction of sp³-hybridized carbons (Fsp3) is 0.143. The first kappa shape index (κ1) is 14.2. The van der Waals surface area contributed by atoms with Crippen LogP contribution in [-0.2, 0) is 6.54 Å². The lowest BCUT2D eigenvalue weighted by molar-refractivity contribution is 0.0956. The molecule has 0 unspecified atom stereocenters. The zero-order chi connectivity index (χ0) is 15.4. The third-order valence-corrected chi connectivity index (χ3v) is 3.81. The molecular weight excluding hydrogens is 302 g/mol. The molecule has 0 aromatic carbocycles. The smallest absolute Gasteiger partial charge is 0.266 e. The van der Waals surface area contributed by atoms with E-state index in [1.54, 1.807) is 35.3 Å². The van der Waals surface area contributed by atoms with Gasteiger partial charge in [0.1, 0.15) is 0 Å². The SMILES string of the molecule is O=C(NCCn1nc(-n2cccn2)ccc1=O)c1cccs1. The maximum Gasteiger partial charge on any atom is 0.266 e. The number of rotatable bonds is 5. The van der Waals surface area contributed by atoms with Gasteiger partial charge in [-0.25, -0.2) is 9.36 Å². The molecule has 0 spiro atoms. The minimum atomic E-state index is -0.221. The first-order valence-corrected chi connectivity index (χ1v) is 7.52. The number of nitrogens with one attached hydrogen (secondary N) is 1. The van der Waals surface area contributed by atoms with Gasteiger partial charge in [-0.1, -0.05) is 6.07 Å². The van der Waals surface area contributed by atoms with Gasteiger partial charge < -0.3 is 5.32 Å². The molecule has 3 heterocycles. The quantitative estimate of drug-likeness (QED) is 0.759. The lowest BCUT2D eigenvalue weighted by Crippen LogP contribution is -2.32. The van der Waals surface area contributed by atoms with Crippen molar-refractivity contribution < 1.29 is 4.79 Å². The zero-order valence-electron chi connectivity index (χ0n) is 11.5. The van der Waals surface area contributed by atoms with Gasteiger partial charge in [-0.2, -0.15) is 5.10 Å². The highest BCUT2D eigenvalue weighted by molar-refractivity contribution is 7.12. The van der Waals surface area contributed by atoms with E-state index < -0.39 is 0 Å². The summed E-state index contributed by atoms with van der Waals surface area (Å²) >= 11 is 1.37. The first-order chi connectivity index (χ1) is 10.7. The maximum atomic E-state index is 11.8. The van der Waals surface area contributed by atoms with Crippen LogP contribution >= 0.6 is 11.3 Å². The molecule has 3 aromatic heterocycles. The Morgan fingerprint density at radius 2 is 2.18 bits per heavy atom. The average Bonchev–Trinajstić information content (AvgIpc) is 3.22. The molecular formula is C14H13N5O2S. The van der Waals surface area contributed by atoms with E-state index in [2.05, 4.69) is 15.5 Å². The van der Waals surface area contributed by atoms with Crippen molar-refractivity contribution in [1.82, 2.24) is 24.9 Å². The third-order valence-electron chi connectivity index (χ3n) is 2.95. The lowest BCUT2D eigenvalue weighted by atomic mass is 10.4. The molecule has 0 aliphatic carbocycles. The van der Waals surface area contributed by atoms with Crippen molar-refractivity contribution in [3.05, 3.63) is 63.3 Å². The minimum absolute atomic E-state index is 0.147. The van der Waals surface area contributed by atoms with E-state index in [9.17, 15) is 9.59 Å².